The Hall–Kier alpha value is -3.22. The van der Waals surface area contributed by atoms with E-state index in [1.807, 2.05) is 37.3 Å². The van der Waals surface area contributed by atoms with Crippen molar-refractivity contribution in [1.29, 1.82) is 0 Å². The number of aryl methyl sites for hydroxylation is 1. The number of rotatable bonds is 7. The molecule has 2 rings (SSSR count). The maximum atomic E-state index is 12.0. The highest BCUT2D eigenvalue weighted by molar-refractivity contribution is 5.89. The average Bonchev–Trinajstić information content (AvgIpc) is 2.66. The van der Waals surface area contributed by atoms with Gasteiger partial charge in [-0.15, -0.1) is 0 Å². The Balaban J connectivity index is 1.91. The first-order valence-corrected chi connectivity index (χ1v) is 8.50. The smallest absolute Gasteiger partial charge is 0.319 e. The molecule has 0 spiro atoms. The molecule has 7 heteroatoms. The van der Waals surface area contributed by atoms with Gasteiger partial charge in [0.2, 0.25) is 0 Å². The fourth-order valence-corrected chi connectivity index (χ4v) is 2.20. The lowest BCUT2D eigenvalue weighted by Gasteiger charge is -2.14. The Labute approximate surface area is 159 Å². The van der Waals surface area contributed by atoms with Gasteiger partial charge in [0.05, 0.1) is 7.11 Å². The molecule has 27 heavy (non-hydrogen) atoms. The molecule has 0 saturated heterocycles. The number of amides is 3. The van der Waals surface area contributed by atoms with E-state index in [4.69, 9.17) is 9.47 Å². The van der Waals surface area contributed by atoms with Crippen LogP contribution in [0.4, 0.5) is 10.5 Å². The molecule has 0 fully saturated rings. The second kappa shape index (κ2) is 9.47. The maximum Gasteiger partial charge on any atom is 0.319 e. The monoisotopic (exact) mass is 371 g/mol. The molecule has 0 aliphatic heterocycles. The minimum atomic E-state index is -0.297. The SMILES string of the molecule is COc1cc(CNC(=O)Nc2ccc(C)cc2)ccc1OCC(=O)N(C)C. The number of ether oxygens (including phenoxy) is 2. The summed E-state index contributed by atoms with van der Waals surface area (Å²) in [7, 11) is 4.86. The molecular formula is C20H25N3O4. The van der Waals surface area contributed by atoms with Crippen molar-refractivity contribution in [3.63, 3.8) is 0 Å². The van der Waals surface area contributed by atoms with E-state index in [1.165, 1.54) is 12.0 Å². The number of hydrogen-bond acceptors (Lipinski definition) is 4. The third kappa shape index (κ3) is 6.22. The fraction of sp³-hybridized carbons (Fsp3) is 0.300. The van der Waals surface area contributed by atoms with Crippen LogP contribution >= 0.6 is 0 Å². The van der Waals surface area contributed by atoms with Gasteiger partial charge < -0.3 is 25.0 Å². The first kappa shape index (κ1) is 20.1. The van der Waals surface area contributed by atoms with E-state index >= 15 is 0 Å². The molecule has 144 valence electrons. The summed E-state index contributed by atoms with van der Waals surface area (Å²) in [4.78, 5) is 25.1. The predicted octanol–water partition coefficient (Wildman–Crippen LogP) is 2.79. The molecule has 3 amide bonds. The lowest BCUT2D eigenvalue weighted by atomic mass is 10.2. The van der Waals surface area contributed by atoms with Crippen molar-refractivity contribution < 1.29 is 19.1 Å². The van der Waals surface area contributed by atoms with Gasteiger partial charge >= 0.3 is 6.03 Å². The predicted molar refractivity (Wildman–Crippen MR) is 104 cm³/mol. The van der Waals surface area contributed by atoms with E-state index in [0.717, 1.165) is 16.8 Å². The molecule has 0 unspecified atom stereocenters. The van der Waals surface area contributed by atoms with Crippen molar-refractivity contribution in [2.45, 2.75) is 13.5 Å². The van der Waals surface area contributed by atoms with Gasteiger partial charge in [0.25, 0.3) is 5.91 Å². The van der Waals surface area contributed by atoms with Gasteiger partial charge in [0.15, 0.2) is 18.1 Å². The molecule has 0 atom stereocenters. The third-order valence-electron chi connectivity index (χ3n) is 3.84. The van der Waals surface area contributed by atoms with Gasteiger partial charge in [-0.05, 0) is 36.8 Å². The molecule has 0 bridgehead atoms. The summed E-state index contributed by atoms with van der Waals surface area (Å²) in [5.74, 6) is 0.830. The highest BCUT2D eigenvalue weighted by atomic mass is 16.5. The Morgan fingerprint density at radius 2 is 1.74 bits per heavy atom. The molecule has 2 aromatic rings. The van der Waals surface area contributed by atoms with Crippen LogP contribution in [0.3, 0.4) is 0 Å². The molecule has 0 saturated carbocycles. The zero-order valence-electron chi connectivity index (χ0n) is 16.0. The van der Waals surface area contributed by atoms with Gasteiger partial charge in [-0.2, -0.15) is 0 Å². The van der Waals surface area contributed by atoms with Crippen molar-refractivity contribution in [1.82, 2.24) is 10.2 Å². The summed E-state index contributed by atoms with van der Waals surface area (Å²) in [6, 6.07) is 12.6. The topological polar surface area (TPSA) is 79.9 Å². The van der Waals surface area contributed by atoms with E-state index in [0.29, 0.717) is 18.0 Å². The Kier molecular flexibility index (Phi) is 7.05. The molecule has 7 nitrogen and oxygen atoms in total. The quantitative estimate of drug-likeness (QED) is 0.784. The minimum Gasteiger partial charge on any atom is -0.493 e. The van der Waals surface area contributed by atoms with E-state index in [-0.39, 0.29) is 18.5 Å². The van der Waals surface area contributed by atoms with E-state index in [2.05, 4.69) is 10.6 Å². The van der Waals surface area contributed by atoms with Crippen molar-refractivity contribution >= 4 is 17.6 Å². The number of carbonyl (C=O) groups excluding carboxylic acids is 2. The van der Waals surface area contributed by atoms with E-state index < -0.39 is 0 Å². The van der Waals surface area contributed by atoms with Crippen molar-refractivity contribution in [3.05, 3.63) is 53.6 Å². The van der Waals surface area contributed by atoms with Crippen LogP contribution in [0.5, 0.6) is 11.5 Å². The van der Waals surface area contributed by atoms with E-state index in [1.54, 1.807) is 26.2 Å². The lowest BCUT2D eigenvalue weighted by Crippen LogP contribution is -2.28. The van der Waals surface area contributed by atoms with Crippen LogP contribution in [-0.2, 0) is 11.3 Å². The van der Waals surface area contributed by atoms with Crippen LogP contribution in [0, 0.1) is 6.92 Å². The highest BCUT2D eigenvalue weighted by Crippen LogP contribution is 2.28. The van der Waals surface area contributed by atoms with Crippen LogP contribution in [0.15, 0.2) is 42.5 Å². The number of carbonyl (C=O) groups is 2. The first-order chi connectivity index (χ1) is 12.9. The zero-order valence-corrected chi connectivity index (χ0v) is 16.0. The number of urea groups is 1. The molecule has 0 heterocycles. The molecular weight excluding hydrogens is 346 g/mol. The average molecular weight is 371 g/mol. The summed E-state index contributed by atoms with van der Waals surface area (Å²) in [6.07, 6.45) is 0. The summed E-state index contributed by atoms with van der Waals surface area (Å²) >= 11 is 0. The van der Waals surface area contributed by atoms with Crippen molar-refractivity contribution in [2.24, 2.45) is 0 Å². The Bertz CT molecular complexity index is 788. The van der Waals surface area contributed by atoms with Gasteiger partial charge in [0.1, 0.15) is 0 Å². The number of nitrogens with one attached hydrogen (secondary N) is 2. The number of benzene rings is 2. The van der Waals surface area contributed by atoms with E-state index in [9.17, 15) is 9.59 Å². The normalized spacial score (nSPS) is 10.1. The van der Waals surface area contributed by atoms with Crippen LogP contribution in [0.25, 0.3) is 0 Å². The number of likely N-dealkylation sites (N-methyl/N-ethyl adjacent to an activating group) is 1. The van der Waals surface area contributed by atoms with Crippen LogP contribution in [0.2, 0.25) is 0 Å². The third-order valence-corrected chi connectivity index (χ3v) is 3.84. The van der Waals surface area contributed by atoms with Crippen LogP contribution < -0.4 is 20.1 Å². The van der Waals surface area contributed by atoms with Gasteiger partial charge in [-0.1, -0.05) is 23.8 Å². The summed E-state index contributed by atoms with van der Waals surface area (Å²) in [6.45, 7) is 2.24. The highest BCUT2D eigenvalue weighted by Gasteiger charge is 2.10. The van der Waals surface area contributed by atoms with Crippen LogP contribution in [-0.4, -0.2) is 44.7 Å². The number of anilines is 1. The fourth-order valence-electron chi connectivity index (χ4n) is 2.20. The van der Waals surface area contributed by atoms with Crippen molar-refractivity contribution in [2.75, 3.05) is 33.1 Å². The molecule has 0 aliphatic carbocycles. The van der Waals surface area contributed by atoms with Crippen LogP contribution in [0.1, 0.15) is 11.1 Å². The molecule has 0 aromatic heterocycles. The largest absolute Gasteiger partial charge is 0.493 e. The first-order valence-electron chi connectivity index (χ1n) is 8.50. The Morgan fingerprint density at radius 1 is 1.04 bits per heavy atom. The standard InChI is InChI=1S/C20H25N3O4/c1-14-5-8-16(9-6-14)22-20(25)21-12-15-7-10-17(18(11-15)26-4)27-13-19(24)23(2)3/h5-11H,12-13H2,1-4H3,(H2,21,22,25). The zero-order chi connectivity index (χ0) is 19.8. The Morgan fingerprint density at radius 3 is 2.37 bits per heavy atom. The molecule has 2 N–H and O–H groups in total. The van der Waals surface area contributed by atoms with Crippen molar-refractivity contribution in [3.8, 4) is 11.5 Å². The molecule has 0 radical (unpaired) electrons. The molecule has 2 aromatic carbocycles. The second-order valence-corrected chi connectivity index (χ2v) is 6.24. The minimum absolute atomic E-state index is 0.0695. The lowest BCUT2D eigenvalue weighted by molar-refractivity contribution is -0.130. The number of methoxy groups -OCH3 is 1. The number of hydrogen-bond donors (Lipinski definition) is 2. The van der Waals surface area contributed by atoms with Gasteiger partial charge in [-0.25, -0.2) is 4.79 Å². The molecule has 0 aliphatic rings. The number of nitrogens with zero attached hydrogens (tertiary/aromatic N) is 1. The summed E-state index contributed by atoms with van der Waals surface area (Å²) in [5.41, 5.74) is 2.70. The maximum absolute atomic E-state index is 12.0. The van der Waals surface area contributed by atoms with Gasteiger partial charge in [0, 0.05) is 26.3 Å². The van der Waals surface area contributed by atoms with Gasteiger partial charge in [-0.3, -0.25) is 4.79 Å². The summed E-state index contributed by atoms with van der Waals surface area (Å²) < 4.78 is 10.8. The summed E-state index contributed by atoms with van der Waals surface area (Å²) in [5, 5.41) is 5.57. The second-order valence-electron chi connectivity index (χ2n) is 6.24.